The second-order valence-electron chi connectivity index (χ2n) is 4.29. The molecular formula is C13H16N2O. The van der Waals surface area contributed by atoms with Crippen LogP contribution in [0.15, 0.2) is 24.3 Å². The number of hydrogen-bond donors (Lipinski definition) is 2. The summed E-state index contributed by atoms with van der Waals surface area (Å²) >= 11 is 0. The fourth-order valence-corrected chi connectivity index (χ4v) is 1.82. The van der Waals surface area contributed by atoms with Crippen molar-refractivity contribution in [2.75, 3.05) is 6.54 Å². The van der Waals surface area contributed by atoms with Gasteiger partial charge in [-0.25, -0.2) is 0 Å². The lowest BCUT2D eigenvalue weighted by Crippen LogP contribution is -2.37. The molecule has 1 fully saturated rings. The van der Waals surface area contributed by atoms with E-state index >= 15 is 0 Å². The van der Waals surface area contributed by atoms with E-state index in [2.05, 4.69) is 11.4 Å². The van der Waals surface area contributed by atoms with E-state index in [1.54, 1.807) is 18.2 Å². The van der Waals surface area contributed by atoms with Gasteiger partial charge in [-0.3, -0.25) is 0 Å². The lowest BCUT2D eigenvalue weighted by molar-refractivity contribution is 0.161. The molecule has 2 N–H and O–H groups in total. The fraction of sp³-hybridized carbons (Fsp3) is 0.462. The van der Waals surface area contributed by atoms with Crippen molar-refractivity contribution in [2.24, 2.45) is 0 Å². The highest BCUT2D eigenvalue weighted by Gasteiger charge is 2.18. The molecule has 1 aromatic rings. The van der Waals surface area contributed by atoms with Gasteiger partial charge in [0.1, 0.15) is 0 Å². The molecule has 0 bridgehead atoms. The third-order valence-corrected chi connectivity index (χ3v) is 3.11. The zero-order valence-corrected chi connectivity index (χ0v) is 9.19. The summed E-state index contributed by atoms with van der Waals surface area (Å²) in [4.78, 5) is 0. The van der Waals surface area contributed by atoms with E-state index in [1.165, 1.54) is 19.3 Å². The fourth-order valence-electron chi connectivity index (χ4n) is 1.82. The van der Waals surface area contributed by atoms with Crippen LogP contribution in [-0.4, -0.2) is 17.7 Å². The second kappa shape index (κ2) is 5.11. The van der Waals surface area contributed by atoms with E-state index in [0.717, 1.165) is 5.56 Å². The Morgan fingerprint density at radius 3 is 2.94 bits per heavy atom. The minimum atomic E-state index is -0.520. The van der Waals surface area contributed by atoms with Crippen LogP contribution in [0.3, 0.4) is 0 Å². The maximum Gasteiger partial charge on any atom is 0.0991 e. The molecule has 0 aliphatic heterocycles. The molecule has 1 unspecified atom stereocenters. The molecule has 3 nitrogen and oxygen atoms in total. The zero-order valence-electron chi connectivity index (χ0n) is 9.19. The van der Waals surface area contributed by atoms with Crippen LogP contribution in [0, 0.1) is 11.3 Å². The van der Waals surface area contributed by atoms with E-state index in [4.69, 9.17) is 5.26 Å². The summed E-state index contributed by atoms with van der Waals surface area (Å²) in [6, 6.07) is 9.81. The first kappa shape index (κ1) is 11.1. The largest absolute Gasteiger partial charge is 0.387 e. The van der Waals surface area contributed by atoms with E-state index < -0.39 is 6.10 Å². The lowest BCUT2D eigenvalue weighted by Gasteiger charge is -2.27. The number of nitriles is 1. The Morgan fingerprint density at radius 2 is 2.31 bits per heavy atom. The van der Waals surface area contributed by atoms with Crippen LogP contribution in [0.1, 0.15) is 36.5 Å². The lowest BCUT2D eigenvalue weighted by atomic mass is 9.93. The maximum absolute atomic E-state index is 9.94. The van der Waals surface area contributed by atoms with Crippen LogP contribution in [-0.2, 0) is 0 Å². The molecule has 1 aliphatic carbocycles. The highest BCUT2D eigenvalue weighted by molar-refractivity contribution is 5.33. The molecule has 1 aliphatic rings. The molecule has 0 amide bonds. The van der Waals surface area contributed by atoms with Gasteiger partial charge in [0, 0.05) is 12.6 Å². The monoisotopic (exact) mass is 216 g/mol. The number of hydrogen-bond acceptors (Lipinski definition) is 3. The van der Waals surface area contributed by atoms with E-state index in [0.29, 0.717) is 18.2 Å². The average molecular weight is 216 g/mol. The Morgan fingerprint density at radius 1 is 1.50 bits per heavy atom. The average Bonchev–Trinajstić information content (AvgIpc) is 2.27. The van der Waals surface area contributed by atoms with Gasteiger partial charge in [0.2, 0.25) is 0 Å². The van der Waals surface area contributed by atoms with Crippen molar-refractivity contribution in [2.45, 2.75) is 31.4 Å². The van der Waals surface area contributed by atoms with Crippen molar-refractivity contribution in [3.05, 3.63) is 35.4 Å². The predicted molar refractivity (Wildman–Crippen MR) is 61.8 cm³/mol. The van der Waals surface area contributed by atoms with Crippen LogP contribution in [0.4, 0.5) is 0 Å². The summed E-state index contributed by atoms with van der Waals surface area (Å²) in [5, 5.41) is 22.0. The molecule has 84 valence electrons. The third kappa shape index (κ3) is 2.60. The Kier molecular flexibility index (Phi) is 3.55. The third-order valence-electron chi connectivity index (χ3n) is 3.11. The SMILES string of the molecule is N#Cc1cccc(C(O)CNC2CCC2)c1. The topological polar surface area (TPSA) is 56.0 Å². The van der Waals surface area contributed by atoms with Gasteiger partial charge >= 0.3 is 0 Å². The first-order chi connectivity index (χ1) is 7.79. The highest BCUT2D eigenvalue weighted by Crippen LogP contribution is 2.19. The zero-order chi connectivity index (χ0) is 11.4. The van der Waals surface area contributed by atoms with Crippen molar-refractivity contribution in [1.82, 2.24) is 5.32 Å². The Hall–Kier alpha value is -1.37. The van der Waals surface area contributed by atoms with Crippen LogP contribution >= 0.6 is 0 Å². The van der Waals surface area contributed by atoms with E-state index in [9.17, 15) is 5.11 Å². The molecule has 1 saturated carbocycles. The first-order valence-corrected chi connectivity index (χ1v) is 5.71. The number of aliphatic hydroxyl groups excluding tert-OH is 1. The highest BCUT2D eigenvalue weighted by atomic mass is 16.3. The summed E-state index contributed by atoms with van der Waals surface area (Å²) < 4.78 is 0. The van der Waals surface area contributed by atoms with E-state index in [-0.39, 0.29) is 0 Å². The van der Waals surface area contributed by atoms with Crippen molar-refractivity contribution in [1.29, 1.82) is 5.26 Å². The number of nitrogens with zero attached hydrogens (tertiary/aromatic N) is 1. The molecule has 2 rings (SSSR count). The maximum atomic E-state index is 9.94. The van der Waals surface area contributed by atoms with Gasteiger partial charge in [-0.1, -0.05) is 18.6 Å². The normalized spacial score (nSPS) is 17.5. The molecule has 0 heterocycles. The van der Waals surface area contributed by atoms with Gasteiger partial charge in [0.25, 0.3) is 0 Å². The quantitative estimate of drug-likeness (QED) is 0.806. The smallest absolute Gasteiger partial charge is 0.0991 e. The predicted octanol–water partition coefficient (Wildman–Crippen LogP) is 1.73. The van der Waals surface area contributed by atoms with Crippen molar-refractivity contribution in [3.8, 4) is 6.07 Å². The minimum absolute atomic E-state index is 0.520. The Labute approximate surface area is 95.7 Å². The molecule has 0 saturated heterocycles. The van der Waals surface area contributed by atoms with Gasteiger partial charge < -0.3 is 10.4 Å². The van der Waals surface area contributed by atoms with Gasteiger partial charge in [0.15, 0.2) is 0 Å². The van der Waals surface area contributed by atoms with Crippen LogP contribution in [0.25, 0.3) is 0 Å². The van der Waals surface area contributed by atoms with Crippen LogP contribution in [0.5, 0.6) is 0 Å². The standard InChI is InChI=1S/C13H16N2O/c14-8-10-3-1-4-11(7-10)13(16)9-15-12-5-2-6-12/h1,3-4,7,12-13,15-16H,2,5-6,9H2. The van der Waals surface area contributed by atoms with Crippen LogP contribution in [0.2, 0.25) is 0 Å². The number of nitrogens with one attached hydrogen (secondary N) is 1. The first-order valence-electron chi connectivity index (χ1n) is 5.71. The summed E-state index contributed by atoms with van der Waals surface area (Å²) in [6.45, 7) is 0.569. The van der Waals surface area contributed by atoms with Gasteiger partial charge in [-0.05, 0) is 30.5 Å². The molecule has 0 aromatic heterocycles. The summed E-state index contributed by atoms with van der Waals surface area (Å²) in [5.74, 6) is 0. The summed E-state index contributed by atoms with van der Waals surface area (Å²) in [7, 11) is 0. The number of aliphatic hydroxyl groups is 1. The molecule has 16 heavy (non-hydrogen) atoms. The Bertz CT molecular complexity index is 393. The molecule has 3 heteroatoms. The van der Waals surface area contributed by atoms with Gasteiger partial charge in [-0.2, -0.15) is 5.26 Å². The second-order valence-corrected chi connectivity index (χ2v) is 4.29. The molecule has 0 spiro atoms. The molecular weight excluding hydrogens is 200 g/mol. The molecule has 0 radical (unpaired) electrons. The van der Waals surface area contributed by atoms with E-state index in [1.807, 2.05) is 6.07 Å². The van der Waals surface area contributed by atoms with Crippen molar-refractivity contribution >= 4 is 0 Å². The Balaban J connectivity index is 1.91. The van der Waals surface area contributed by atoms with Crippen LogP contribution < -0.4 is 5.32 Å². The minimum Gasteiger partial charge on any atom is -0.387 e. The van der Waals surface area contributed by atoms with Crippen molar-refractivity contribution in [3.63, 3.8) is 0 Å². The van der Waals surface area contributed by atoms with Gasteiger partial charge in [0.05, 0.1) is 17.7 Å². The van der Waals surface area contributed by atoms with Gasteiger partial charge in [-0.15, -0.1) is 0 Å². The number of benzene rings is 1. The van der Waals surface area contributed by atoms with Crippen molar-refractivity contribution < 1.29 is 5.11 Å². The number of rotatable bonds is 4. The summed E-state index contributed by atoms with van der Waals surface area (Å²) in [6.07, 6.45) is 3.20. The molecule has 1 aromatic carbocycles. The molecule has 1 atom stereocenters. The summed E-state index contributed by atoms with van der Waals surface area (Å²) in [5.41, 5.74) is 1.41.